The molecule has 2 bridgehead atoms. The van der Waals surface area contributed by atoms with Gasteiger partial charge in [0, 0.05) is 19.2 Å². The van der Waals surface area contributed by atoms with E-state index in [1.165, 1.54) is 32.2 Å². The summed E-state index contributed by atoms with van der Waals surface area (Å²) in [6, 6.07) is 0.791. The second-order valence-corrected chi connectivity index (χ2v) is 4.65. The van der Waals surface area contributed by atoms with Crippen LogP contribution in [0.15, 0.2) is 0 Å². The van der Waals surface area contributed by atoms with Gasteiger partial charge in [-0.05, 0) is 37.5 Å². The average Bonchev–Trinajstić information content (AvgIpc) is 2.69. The van der Waals surface area contributed by atoms with Gasteiger partial charge in [-0.3, -0.25) is 0 Å². The van der Waals surface area contributed by atoms with Crippen molar-refractivity contribution >= 4 is 0 Å². The average molecular weight is 167 g/mol. The number of fused-ring (bicyclic) bond motifs is 2. The minimum absolute atomic E-state index is 0.608. The standard InChI is InChI=1S/C10H17NO/c1-2-7(1)6-12-10-4-9-3-8(10)5-11-9/h7-11H,1-6H2/t8-,9+,10-/m0/s1. The van der Waals surface area contributed by atoms with Crippen LogP contribution in [0.5, 0.6) is 0 Å². The van der Waals surface area contributed by atoms with Gasteiger partial charge in [0.25, 0.3) is 0 Å². The second kappa shape index (κ2) is 2.71. The highest BCUT2D eigenvalue weighted by Crippen LogP contribution is 2.36. The van der Waals surface area contributed by atoms with E-state index in [0.717, 1.165) is 24.5 Å². The molecule has 3 aliphatic rings. The Morgan fingerprint density at radius 3 is 2.75 bits per heavy atom. The van der Waals surface area contributed by atoms with E-state index in [0.29, 0.717) is 6.10 Å². The molecular weight excluding hydrogens is 150 g/mol. The number of hydrogen-bond donors (Lipinski definition) is 1. The van der Waals surface area contributed by atoms with Crippen molar-refractivity contribution in [2.45, 2.75) is 37.8 Å². The van der Waals surface area contributed by atoms with Crippen LogP contribution < -0.4 is 5.32 Å². The maximum absolute atomic E-state index is 5.92. The Hall–Kier alpha value is -0.0800. The van der Waals surface area contributed by atoms with Gasteiger partial charge in [0.2, 0.25) is 0 Å². The van der Waals surface area contributed by atoms with E-state index in [1.54, 1.807) is 0 Å². The first-order valence-electron chi connectivity index (χ1n) is 5.27. The molecule has 2 heteroatoms. The first kappa shape index (κ1) is 7.34. The highest BCUT2D eigenvalue weighted by molar-refractivity contribution is 4.96. The van der Waals surface area contributed by atoms with Gasteiger partial charge in [-0.25, -0.2) is 0 Å². The van der Waals surface area contributed by atoms with Crippen molar-refractivity contribution in [1.82, 2.24) is 5.32 Å². The Kier molecular flexibility index (Phi) is 1.66. The van der Waals surface area contributed by atoms with E-state index in [1.807, 2.05) is 0 Å². The lowest BCUT2D eigenvalue weighted by Crippen LogP contribution is -2.34. The third-order valence-electron chi connectivity index (χ3n) is 3.54. The van der Waals surface area contributed by atoms with Crippen LogP contribution in [0.2, 0.25) is 0 Å². The maximum Gasteiger partial charge on any atom is 0.0630 e. The minimum Gasteiger partial charge on any atom is -0.378 e. The fourth-order valence-electron chi connectivity index (χ4n) is 2.53. The van der Waals surface area contributed by atoms with E-state index in [2.05, 4.69) is 5.32 Å². The second-order valence-electron chi connectivity index (χ2n) is 4.65. The van der Waals surface area contributed by atoms with E-state index in [-0.39, 0.29) is 0 Å². The molecule has 0 spiro atoms. The van der Waals surface area contributed by atoms with E-state index in [4.69, 9.17) is 4.74 Å². The summed E-state index contributed by atoms with van der Waals surface area (Å²) in [4.78, 5) is 0. The molecule has 12 heavy (non-hydrogen) atoms. The molecule has 2 nitrogen and oxygen atoms in total. The van der Waals surface area contributed by atoms with E-state index < -0.39 is 0 Å². The molecule has 1 saturated heterocycles. The summed E-state index contributed by atoms with van der Waals surface area (Å²) in [5, 5.41) is 3.51. The predicted molar refractivity (Wildman–Crippen MR) is 47.0 cm³/mol. The quantitative estimate of drug-likeness (QED) is 0.681. The molecule has 3 atom stereocenters. The summed E-state index contributed by atoms with van der Waals surface area (Å²) in [7, 11) is 0. The summed E-state index contributed by atoms with van der Waals surface area (Å²) in [6.45, 7) is 2.26. The lowest BCUT2D eigenvalue weighted by molar-refractivity contribution is 0.0150. The molecule has 0 amide bonds. The number of ether oxygens (including phenoxy) is 1. The van der Waals surface area contributed by atoms with Crippen LogP contribution in [0.1, 0.15) is 25.7 Å². The van der Waals surface area contributed by atoms with Gasteiger partial charge in [-0.15, -0.1) is 0 Å². The van der Waals surface area contributed by atoms with Crippen molar-refractivity contribution in [2.24, 2.45) is 11.8 Å². The number of rotatable bonds is 3. The van der Waals surface area contributed by atoms with Crippen LogP contribution in [0, 0.1) is 11.8 Å². The molecule has 0 aromatic rings. The smallest absolute Gasteiger partial charge is 0.0630 e. The topological polar surface area (TPSA) is 21.3 Å². The highest BCUT2D eigenvalue weighted by atomic mass is 16.5. The van der Waals surface area contributed by atoms with Gasteiger partial charge < -0.3 is 10.1 Å². The molecule has 1 heterocycles. The Labute approximate surface area is 73.7 Å². The molecule has 0 aromatic heterocycles. The number of piperidine rings is 1. The maximum atomic E-state index is 5.92. The number of nitrogens with one attached hydrogen (secondary N) is 1. The molecular formula is C10H17NO. The summed E-state index contributed by atoms with van der Waals surface area (Å²) in [5.41, 5.74) is 0. The summed E-state index contributed by atoms with van der Waals surface area (Å²) in [6.07, 6.45) is 6.09. The Balaban J connectivity index is 1.50. The molecule has 3 fully saturated rings. The van der Waals surface area contributed by atoms with Gasteiger partial charge in [0.1, 0.15) is 0 Å². The fraction of sp³-hybridized carbons (Fsp3) is 1.00. The molecule has 0 radical (unpaired) electrons. The molecule has 68 valence electrons. The molecule has 1 N–H and O–H groups in total. The van der Waals surface area contributed by atoms with Crippen molar-refractivity contribution in [3.63, 3.8) is 0 Å². The molecule has 0 aromatic carbocycles. The van der Waals surface area contributed by atoms with Gasteiger partial charge in [0.15, 0.2) is 0 Å². The first-order chi connectivity index (χ1) is 5.92. The third-order valence-corrected chi connectivity index (χ3v) is 3.54. The Morgan fingerprint density at radius 1 is 1.25 bits per heavy atom. The van der Waals surface area contributed by atoms with Crippen molar-refractivity contribution in [3.05, 3.63) is 0 Å². The molecule has 0 unspecified atom stereocenters. The van der Waals surface area contributed by atoms with Crippen LogP contribution >= 0.6 is 0 Å². The van der Waals surface area contributed by atoms with Crippen LogP contribution in [0.4, 0.5) is 0 Å². The monoisotopic (exact) mass is 167 g/mol. The van der Waals surface area contributed by atoms with Gasteiger partial charge in [-0.1, -0.05) is 0 Å². The summed E-state index contributed by atoms with van der Waals surface area (Å²) in [5.74, 6) is 1.77. The zero-order valence-electron chi connectivity index (χ0n) is 7.46. The van der Waals surface area contributed by atoms with Gasteiger partial charge in [0.05, 0.1) is 6.10 Å². The Morgan fingerprint density at radius 2 is 2.17 bits per heavy atom. The lowest BCUT2D eigenvalue weighted by atomic mass is 10.1. The normalized spacial score (nSPS) is 45.5. The summed E-state index contributed by atoms with van der Waals surface area (Å²) < 4.78 is 5.92. The molecule has 1 aliphatic heterocycles. The van der Waals surface area contributed by atoms with Crippen molar-refractivity contribution in [1.29, 1.82) is 0 Å². The summed E-state index contributed by atoms with van der Waals surface area (Å²) >= 11 is 0. The van der Waals surface area contributed by atoms with Crippen LogP contribution in [-0.4, -0.2) is 25.3 Å². The van der Waals surface area contributed by atoms with Crippen molar-refractivity contribution in [3.8, 4) is 0 Å². The number of hydrogen-bond acceptors (Lipinski definition) is 2. The van der Waals surface area contributed by atoms with E-state index in [9.17, 15) is 0 Å². The molecule has 2 aliphatic carbocycles. The van der Waals surface area contributed by atoms with Crippen LogP contribution in [-0.2, 0) is 4.74 Å². The highest BCUT2D eigenvalue weighted by Gasteiger charge is 2.40. The minimum atomic E-state index is 0.608. The molecule has 3 rings (SSSR count). The van der Waals surface area contributed by atoms with Crippen molar-refractivity contribution in [2.75, 3.05) is 13.2 Å². The van der Waals surface area contributed by atoms with Crippen LogP contribution in [0.25, 0.3) is 0 Å². The van der Waals surface area contributed by atoms with Gasteiger partial charge in [-0.2, -0.15) is 0 Å². The fourth-order valence-corrected chi connectivity index (χ4v) is 2.53. The zero-order valence-corrected chi connectivity index (χ0v) is 7.46. The van der Waals surface area contributed by atoms with Crippen molar-refractivity contribution < 1.29 is 4.74 Å². The zero-order chi connectivity index (χ0) is 7.97. The van der Waals surface area contributed by atoms with E-state index >= 15 is 0 Å². The Bertz CT molecular complexity index is 179. The first-order valence-corrected chi connectivity index (χ1v) is 5.27. The lowest BCUT2D eigenvalue weighted by Gasteiger charge is -2.22. The van der Waals surface area contributed by atoms with Crippen LogP contribution in [0.3, 0.4) is 0 Å². The van der Waals surface area contributed by atoms with Gasteiger partial charge >= 0.3 is 0 Å². The SMILES string of the molecule is C1CC1CO[C@H]1C[C@H]2C[C@H]1CN2. The third kappa shape index (κ3) is 1.27. The predicted octanol–water partition coefficient (Wildman–Crippen LogP) is 1.16. The largest absolute Gasteiger partial charge is 0.378 e. The molecule has 2 saturated carbocycles.